The Labute approximate surface area is 206 Å². The number of carbonyl (C=O) groups is 2. The molecule has 0 aliphatic carbocycles. The molecule has 0 aromatic heterocycles. The van der Waals surface area contributed by atoms with Gasteiger partial charge < -0.3 is 9.64 Å². The van der Waals surface area contributed by atoms with Gasteiger partial charge in [-0.2, -0.15) is 0 Å². The third-order valence-corrected chi connectivity index (χ3v) is 6.23. The molecule has 1 amide bonds. The Kier molecular flexibility index (Phi) is 6.28. The fourth-order valence-corrected chi connectivity index (χ4v) is 4.60. The Hall–Kier alpha value is -4.60. The third kappa shape index (κ3) is 4.65. The van der Waals surface area contributed by atoms with Gasteiger partial charge in [-0.15, -0.1) is 0 Å². The van der Waals surface area contributed by atoms with Crippen LogP contribution >= 0.6 is 0 Å². The van der Waals surface area contributed by atoms with E-state index in [0.29, 0.717) is 17.7 Å². The van der Waals surface area contributed by atoms with E-state index in [1.54, 1.807) is 23.1 Å². The number of nitro benzene ring substituents is 2. The number of nitrogens with zero attached hydrogens (tertiary/aromatic N) is 3. The van der Waals surface area contributed by atoms with Crippen LogP contribution in [0.2, 0.25) is 0 Å². The normalized spacial score (nSPS) is 16.1. The molecule has 1 aliphatic rings. The van der Waals surface area contributed by atoms with Crippen molar-refractivity contribution in [3.05, 3.63) is 104 Å². The molecular formula is C26H23N3O7. The van der Waals surface area contributed by atoms with E-state index >= 15 is 0 Å². The minimum absolute atomic E-state index is 0.0499. The van der Waals surface area contributed by atoms with Crippen LogP contribution in [0.5, 0.6) is 5.75 Å². The van der Waals surface area contributed by atoms with Crippen molar-refractivity contribution in [1.29, 1.82) is 0 Å². The number of carbonyl (C=O) groups excluding carboxylic acids is 2. The van der Waals surface area contributed by atoms with E-state index in [0.717, 1.165) is 5.56 Å². The topological polar surface area (TPSA) is 133 Å². The summed E-state index contributed by atoms with van der Waals surface area (Å²) in [7, 11) is 0. The van der Waals surface area contributed by atoms with Crippen molar-refractivity contribution in [2.24, 2.45) is 0 Å². The molecule has 0 saturated heterocycles. The first kappa shape index (κ1) is 24.5. The summed E-state index contributed by atoms with van der Waals surface area (Å²) in [6, 6.07) is 15.6. The lowest BCUT2D eigenvalue weighted by atomic mass is 9.79. The molecule has 36 heavy (non-hydrogen) atoms. The fourth-order valence-electron chi connectivity index (χ4n) is 4.60. The number of esters is 1. The molecule has 1 unspecified atom stereocenters. The van der Waals surface area contributed by atoms with Crippen LogP contribution in [0.3, 0.4) is 0 Å². The van der Waals surface area contributed by atoms with E-state index in [1.807, 2.05) is 20.8 Å². The minimum atomic E-state index is -0.660. The van der Waals surface area contributed by atoms with Gasteiger partial charge in [-0.05, 0) is 74.2 Å². The van der Waals surface area contributed by atoms with E-state index in [1.165, 1.54) is 48.5 Å². The first-order valence-corrected chi connectivity index (χ1v) is 11.2. The van der Waals surface area contributed by atoms with Gasteiger partial charge in [0.1, 0.15) is 5.75 Å². The molecule has 0 bridgehead atoms. The molecule has 0 radical (unpaired) electrons. The van der Waals surface area contributed by atoms with Crippen LogP contribution in [0, 0.1) is 20.2 Å². The smallest absolute Gasteiger partial charge is 0.343 e. The van der Waals surface area contributed by atoms with Crippen molar-refractivity contribution in [3.8, 4) is 5.75 Å². The molecule has 1 aliphatic heterocycles. The van der Waals surface area contributed by atoms with Crippen molar-refractivity contribution >= 4 is 28.9 Å². The van der Waals surface area contributed by atoms with Crippen LogP contribution in [0.4, 0.5) is 17.1 Å². The van der Waals surface area contributed by atoms with Gasteiger partial charge in [-0.25, -0.2) is 4.79 Å². The van der Waals surface area contributed by atoms with Crippen molar-refractivity contribution in [3.63, 3.8) is 0 Å². The number of rotatable bonds is 5. The summed E-state index contributed by atoms with van der Waals surface area (Å²) in [5.41, 5.74) is 1.20. The highest BCUT2D eigenvalue weighted by Gasteiger charge is 2.40. The molecule has 3 aromatic carbocycles. The maximum absolute atomic E-state index is 13.5. The average molecular weight is 489 g/mol. The van der Waals surface area contributed by atoms with Gasteiger partial charge in [0.25, 0.3) is 17.3 Å². The van der Waals surface area contributed by atoms with Crippen molar-refractivity contribution in [2.75, 3.05) is 4.90 Å². The molecule has 0 saturated carbocycles. The molecule has 1 heterocycles. The summed E-state index contributed by atoms with van der Waals surface area (Å²) in [6.07, 6.45) is 0.637. The van der Waals surface area contributed by atoms with E-state index in [2.05, 4.69) is 0 Å². The van der Waals surface area contributed by atoms with Crippen molar-refractivity contribution in [2.45, 2.75) is 38.6 Å². The van der Waals surface area contributed by atoms with Crippen LogP contribution in [0.1, 0.15) is 59.4 Å². The number of amides is 1. The minimum Gasteiger partial charge on any atom is -0.423 e. The maximum Gasteiger partial charge on any atom is 0.343 e. The van der Waals surface area contributed by atoms with E-state index in [-0.39, 0.29) is 34.5 Å². The molecule has 0 spiro atoms. The van der Waals surface area contributed by atoms with Gasteiger partial charge in [0, 0.05) is 41.1 Å². The van der Waals surface area contributed by atoms with Crippen LogP contribution in [-0.2, 0) is 0 Å². The maximum atomic E-state index is 13.5. The molecule has 4 rings (SSSR count). The summed E-state index contributed by atoms with van der Waals surface area (Å²) in [4.78, 5) is 48.5. The number of hydrogen-bond donors (Lipinski definition) is 0. The molecule has 0 fully saturated rings. The number of nitro groups is 2. The van der Waals surface area contributed by atoms with Crippen LogP contribution in [-0.4, -0.2) is 27.3 Å². The van der Waals surface area contributed by atoms with E-state index in [4.69, 9.17) is 4.74 Å². The third-order valence-electron chi connectivity index (χ3n) is 6.23. The Morgan fingerprint density at radius 1 is 0.889 bits per heavy atom. The lowest BCUT2D eigenvalue weighted by Crippen LogP contribution is -2.51. The molecule has 0 N–H and O–H groups in total. The van der Waals surface area contributed by atoms with Crippen LogP contribution in [0.25, 0.3) is 0 Å². The van der Waals surface area contributed by atoms with Gasteiger partial charge in [-0.1, -0.05) is 6.92 Å². The van der Waals surface area contributed by atoms with Gasteiger partial charge in [0.05, 0.1) is 15.4 Å². The van der Waals surface area contributed by atoms with Gasteiger partial charge >= 0.3 is 5.97 Å². The predicted molar refractivity (Wildman–Crippen MR) is 132 cm³/mol. The van der Waals surface area contributed by atoms with Gasteiger partial charge in [0.2, 0.25) is 0 Å². The summed E-state index contributed by atoms with van der Waals surface area (Å²) in [5.74, 6) is -0.619. The van der Waals surface area contributed by atoms with Crippen LogP contribution < -0.4 is 9.64 Å². The summed E-state index contributed by atoms with van der Waals surface area (Å²) < 4.78 is 5.51. The molecule has 184 valence electrons. The number of fused-ring (bicyclic) bond motifs is 1. The fraction of sp³-hybridized carbons (Fsp3) is 0.231. The van der Waals surface area contributed by atoms with Gasteiger partial charge in [0.15, 0.2) is 0 Å². The van der Waals surface area contributed by atoms with E-state index in [9.17, 15) is 29.8 Å². The zero-order chi connectivity index (χ0) is 26.2. The summed E-state index contributed by atoms with van der Waals surface area (Å²) in [6.45, 7) is 5.94. The highest BCUT2D eigenvalue weighted by Crippen LogP contribution is 2.45. The molecular weight excluding hydrogens is 466 g/mol. The number of benzene rings is 3. The summed E-state index contributed by atoms with van der Waals surface area (Å²) in [5, 5.41) is 21.8. The summed E-state index contributed by atoms with van der Waals surface area (Å²) >= 11 is 0. The second-order valence-corrected chi connectivity index (χ2v) is 9.28. The number of anilines is 1. The highest BCUT2D eigenvalue weighted by molar-refractivity contribution is 6.08. The quantitative estimate of drug-likeness (QED) is 0.195. The highest BCUT2D eigenvalue weighted by atomic mass is 16.6. The largest absolute Gasteiger partial charge is 0.423 e. The zero-order valence-corrected chi connectivity index (χ0v) is 19.8. The molecule has 1 atom stereocenters. The lowest BCUT2D eigenvalue weighted by molar-refractivity contribution is -0.385. The average Bonchev–Trinajstić information content (AvgIpc) is 2.83. The molecule has 10 nitrogen and oxygen atoms in total. The Bertz CT molecular complexity index is 1370. The number of hydrogen-bond acceptors (Lipinski definition) is 7. The number of non-ortho nitro benzene ring substituents is 2. The molecule has 10 heteroatoms. The first-order chi connectivity index (χ1) is 17.0. The SMILES string of the molecule is CC1CC(C)(C)N(C(=O)c2ccc([N+](=O)[O-])cc2)c2ccc(OC(=O)c3ccc([N+](=O)[O-])cc3)cc21. The van der Waals surface area contributed by atoms with E-state index < -0.39 is 21.4 Å². The second kappa shape index (κ2) is 9.21. The van der Waals surface area contributed by atoms with Crippen LogP contribution in [0.15, 0.2) is 66.7 Å². The molecule has 3 aromatic rings. The monoisotopic (exact) mass is 489 g/mol. The number of ether oxygens (including phenoxy) is 1. The standard InChI is InChI=1S/C26H23N3O7/c1-16-15-26(2,3)27(24(30)17-4-8-19(9-5-17)28(32)33)23-13-12-21(14-22(16)23)36-25(31)18-6-10-20(11-7-18)29(34)35/h4-14,16H,15H2,1-3H3. The Morgan fingerprint density at radius 2 is 1.42 bits per heavy atom. The first-order valence-electron chi connectivity index (χ1n) is 11.2. The van der Waals surface area contributed by atoms with Crippen molar-refractivity contribution in [1.82, 2.24) is 0 Å². The lowest BCUT2D eigenvalue weighted by Gasteiger charge is -2.46. The Balaban J connectivity index is 1.63. The van der Waals surface area contributed by atoms with Gasteiger partial charge in [-0.3, -0.25) is 25.0 Å². The zero-order valence-electron chi connectivity index (χ0n) is 19.8. The predicted octanol–water partition coefficient (Wildman–Crippen LogP) is 5.65. The second-order valence-electron chi connectivity index (χ2n) is 9.28. The van der Waals surface area contributed by atoms with Crippen molar-refractivity contribution < 1.29 is 24.2 Å². The Morgan fingerprint density at radius 3 is 1.94 bits per heavy atom.